The maximum atomic E-state index is 12.2. The van der Waals surface area contributed by atoms with Crippen LogP contribution in [0.25, 0.3) is 16.6 Å². The maximum Gasteiger partial charge on any atom is 0.230 e. The summed E-state index contributed by atoms with van der Waals surface area (Å²) in [6.45, 7) is 5.31. The molecule has 0 radical (unpaired) electrons. The summed E-state index contributed by atoms with van der Waals surface area (Å²) in [5.41, 5.74) is 3.62. The number of aryl methyl sites for hydroxylation is 2. The van der Waals surface area contributed by atoms with E-state index in [2.05, 4.69) is 15.5 Å². The lowest BCUT2D eigenvalue weighted by molar-refractivity contribution is -0.119. The number of fused-ring (bicyclic) bond motifs is 1. The molecule has 1 aliphatic heterocycles. The third-order valence-electron chi connectivity index (χ3n) is 4.86. The van der Waals surface area contributed by atoms with Crippen molar-refractivity contribution < 1.29 is 9.53 Å². The van der Waals surface area contributed by atoms with Gasteiger partial charge in [0.15, 0.2) is 0 Å². The SMILES string of the molecule is Cc1nnc(SCC(=O)NCC2CCCO2)c2nn(-c3ccccc3)c(C)c12. The molecular weight excluding hydrogens is 374 g/mol. The van der Waals surface area contributed by atoms with Crippen molar-refractivity contribution in [2.75, 3.05) is 18.9 Å². The van der Waals surface area contributed by atoms with Gasteiger partial charge in [-0.25, -0.2) is 4.68 Å². The molecule has 0 bridgehead atoms. The Morgan fingerprint density at radius 3 is 2.86 bits per heavy atom. The average Bonchev–Trinajstić information content (AvgIpc) is 3.35. The zero-order chi connectivity index (χ0) is 19.5. The van der Waals surface area contributed by atoms with Crippen molar-refractivity contribution >= 4 is 28.6 Å². The van der Waals surface area contributed by atoms with Gasteiger partial charge in [0.1, 0.15) is 10.5 Å². The lowest BCUT2D eigenvalue weighted by Crippen LogP contribution is -2.32. The second-order valence-electron chi connectivity index (χ2n) is 6.87. The van der Waals surface area contributed by atoms with Gasteiger partial charge in [-0.3, -0.25) is 4.79 Å². The lowest BCUT2D eigenvalue weighted by Gasteiger charge is -2.10. The van der Waals surface area contributed by atoms with Crippen LogP contribution in [0.1, 0.15) is 24.2 Å². The highest BCUT2D eigenvalue weighted by molar-refractivity contribution is 8.00. The first kappa shape index (κ1) is 18.9. The second kappa shape index (κ2) is 8.28. The number of rotatable bonds is 6. The van der Waals surface area contributed by atoms with Gasteiger partial charge in [0.25, 0.3) is 0 Å². The first-order valence-electron chi connectivity index (χ1n) is 9.42. The first-order chi connectivity index (χ1) is 13.6. The largest absolute Gasteiger partial charge is 0.376 e. The Labute approximate surface area is 167 Å². The molecule has 3 aromatic rings. The molecule has 1 atom stereocenters. The molecule has 1 unspecified atom stereocenters. The molecule has 1 N–H and O–H groups in total. The second-order valence-corrected chi connectivity index (χ2v) is 7.84. The van der Waals surface area contributed by atoms with E-state index in [-0.39, 0.29) is 17.8 Å². The highest BCUT2D eigenvalue weighted by Crippen LogP contribution is 2.29. The van der Waals surface area contributed by atoms with Crippen LogP contribution in [0.15, 0.2) is 35.4 Å². The van der Waals surface area contributed by atoms with Crippen LogP contribution < -0.4 is 5.32 Å². The summed E-state index contributed by atoms with van der Waals surface area (Å²) in [4.78, 5) is 12.2. The Kier molecular flexibility index (Phi) is 5.59. The predicted molar refractivity (Wildman–Crippen MR) is 109 cm³/mol. The molecule has 1 fully saturated rings. The van der Waals surface area contributed by atoms with E-state index in [4.69, 9.17) is 9.84 Å². The first-order valence-corrected chi connectivity index (χ1v) is 10.4. The number of aromatic nitrogens is 4. The van der Waals surface area contributed by atoms with Gasteiger partial charge < -0.3 is 10.1 Å². The fraction of sp³-hybridized carbons (Fsp3) is 0.400. The monoisotopic (exact) mass is 397 g/mol. The number of amides is 1. The van der Waals surface area contributed by atoms with Crippen LogP contribution in [0.5, 0.6) is 0 Å². The van der Waals surface area contributed by atoms with Crippen molar-refractivity contribution in [1.82, 2.24) is 25.3 Å². The number of ether oxygens (including phenoxy) is 1. The van der Waals surface area contributed by atoms with E-state index in [1.807, 2.05) is 48.9 Å². The van der Waals surface area contributed by atoms with Gasteiger partial charge in [-0.2, -0.15) is 10.2 Å². The highest BCUT2D eigenvalue weighted by Gasteiger charge is 2.19. The van der Waals surface area contributed by atoms with E-state index in [0.717, 1.165) is 47.4 Å². The van der Waals surface area contributed by atoms with Crippen LogP contribution in [-0.2, 0) is 9.53 Å². The molecule has 28 heavy (non-hydrogen) atoms. The van der Waals surface area contributed by atoms with Gasteiger partial charge in [-0.15, -0.1) is 5.10 Å². The fourth-order valence-electron chi connectivity index (χ4n) is 3.44. The Bertz CT molecular complexity index is 983. The van der Waals surface area contributed by atoms with Crippen molar-refractivity contribution in [3.63, 3.8) is 0 Å². The van der Waals surface area contributed by atoms with Gasteiger partial charge >= 0.3 is 0 Å². The van der Waals surface area contributed by atoms with Crippen molar-refractivity contribution in [3.8, 4) is 5.69 Å². The summed E-state index contributed by atoms with van der Waals surface area (Å²) in [6, 6.07) is 9.98. The van der Waals surface area contributed by atoms with Crippen LogP contribution in [0.3, 0.4) is 0 Å². The van der Waals surface area contributed by atoms with Gasteiger partial charge in [-0.05, 0) is 38.8 Å². The van der Waals surface area contributed by atoms with E-state index < -0.39 is 0 Å². The maximum absolute atomic E-state index is 12.2. The van der Waals surface area contributed by atoms with Crippen LogP contribution in [0.4, 0.5) is 0 Å². The van der Waals surface area contributed by atoms with Crippen molar-refractivity contribution in [1.29, 1.82) is 0 Å². The van der Waals surface area contributed by atoms with Crippen LogP contribution >= 0.6 is 11.8 Å². The van der Waals surface area contributed by atoms with E-state index in [1.165, 1.54) is 11.8 Å². The third-order valence-corrected chi connectivity index (χ3v) is 5.82. The number of nitrogens with zero attached hydrogens (tertiary/aromatic N) is 4. The van der Waals surface area contributed by atoms with Crippen LogP contribution in [-0.4, -0.2) is 50.9 Å². The number of para-hydroxylation sites is 1. The van der Waals surface area contributed by atoms with Crippen molar-refractivity contribution in [3.05, 3.63) is 41.7 Å². The molecular formula is C20H23N5O2S. The van der Waals surface area contributed by atoms with Crippen LogP contribution in [0.2, 0.25) is 0 Å². The summed E-state index contributed by atoms with van der Waals surface area (Å²) in [5.74, 6) is 0.242. The molecule has 1 saturated heterocycles. The molecule has 0 spiro atoms. The minimum Gasteiger partial charge on any atom is -0.376 e. The average molecular weight is 398 g/mol. The van der Waals surface area contributed by atoms with Gasteiger partial charge in [-0.1, -0.05) is 30.0 Å². The minimum absolute atomic E-state index is 0.0322. The molecule has 0 aliphatic carbocycles. The molecule has 1 aromatic carbocycles. The Balaban J connectivity index is 1.52. The summed E-state index contributed by atoms with van der Waals surface area (Å²) in [6.07, 6.45) is 2.22. The number of nitrogens with one attached hydrogen (secondary N) is 1. The van der Waals surface area contributed by atoms with Crippen molar-refractivity contribution in [2.45, 2.75) is 37.8 Å². The van der Waals surface area contributed by atoms with Crippen LogP contribution in [0, 0.1) is 13.8 Å². The standard InChI is InChI=1S/C20H23N5O2S/c1-13-18-14(2)25(15-7-4-3-5-8-15)24-19(18)20(23-22-13)28-12-17(26)21-11-16-9-6-10-27-16/h3-5,7-8,16H,6,9-12H2,1-2H3,(H,21,26). The van der Waals surface area contributed by atoms with Crippen molar-refractivity contribution in [2.24, 2.45) is 0 Å². The number of carbonyl (C=O) groups excluding carboxylic acids is 1. The summed E-state index contributed by atoms with van der Waals surface area (Å²) >= 11 is 1.36. The van der Waals surface area contributed by atoms with E-state index in [0.29, 0.717) is 11.6 Å². The molecule has 4 rings (SSSR count). The highest BCUT2D eigenvalue weighted by atomic mass is 32.2. The number of hydrogen-bond acceptors (Lipinski definition) is 6. The lowest BCUT2D eigenvalue weighted by atomic mass is 10.2. The molecule has 8 heteroatoms. The Hall–Kier alpha value is -2.45. The number of benzene rings is 1. The van der Waals surface area contributed by atoms with E-state index in [9.17, 15) is 4.79 Å². The van der Waals surface area contributed by atoms with Gasteiger partial charge in [0.05, 0.1) is 28.9 Å². The summed E-state index contributed by atoms with van der Waals surface area (Å²) in [5, 5.41) is 18.0. The van der Waals surface area contributed by atoms with Gasteiger partial charge in [0.2, 0.25) is 5.91 Å². The normalized spacial score (nSPS) is 16.6. The molecule has 0 saturated carbocycles. The predicted octanol–water partition coefficient (Wildman–Crippen LogP) is 2.82. The third kappa shape index (κ3) is 3.88. The van der Waals surface area contributed by atoms with E-state index in [1.54, 1.807) is 0 Å². The molecule has 146 valence electrons. The number of hydrogen-bond donors (Lipinski definition) is 1. The fourth-order valence-corrected chi connectivity index (χ4v) is 4.19. The molecule has 7 nitrogen and oxygen atoms in total. The summed E-state index contributed by atoms with van der Waals surface area (Å²) < 4.78 is 7.44. The Morgan fingerprint density at radius 1 is 1.29 bits per heavy atom. The number of carbonyl (C=O) groups is 1. The number of thioether (sulfide) groups is 1. The topological polar surface area (TPSA) is 81.9 Å². The van der Waals surface area contributed by atoms with Gasteiger partial charge in [0, 0.05) is 18.5 Å². The Morgan fingerprint density at radius 2 is 2.11 bits per heavy atom. The molecule has 1 amide bonds. The summed E-state index contributed by atoms with van der Waals surface area (Å²) in [7, 11) is 0. The molecule has 3 heterocycles. The minimum atomic E-state index is -0.0322. The zero-order valence-electron chi connectivity index (χ0n) is 16.0. The molecule has 1 aliphatic rings. The molecule has 2 aromatic heterocycles. The smallest absolute Gasteiger partial charge is 0.230 e. The zero-order valence-corrected chi connectivity index (χ0v) is 16.8. The quantitative estimate of drug-likeness (QED) is 0.644. The van der Waals surface area contributed by atoms with E-state index >= 15 is 0 Å².